The van der Waals surface area contributed by atoms with Crippen molar-refractivity contribution in [3.05, 3.63) is 0 Å². The molecule has 96 valence electrons. The third-order valence-corrected chi connectivity index (χ3v) is 3.37. The van der Waals surface area contributed by atoms with E-state index in [1.165, 1.54) is 44.2 Å². The molecule has 16 heavy (non-hydrogen) atoms. The second kappa shape index (κ2) is 9.86. The zero-order valence-electron chi connectivity index (χ0n) is 12.1. The minimum Gasteiger partial charge on any atom is -0.294 e. The van der Waals surface area contributed by atoms with Gasteiger partial charge in [0.15, 0.2) is 0 Å². The molecule has 0 N–H and O–H groups in total. The summed E-state index contributed by atoms with van der Waals surface area (Å²) in [5.74, 6) is 1.59. The largest absolute Gasteiger partial charge is 0.294 e. The van der Waals surface area contributed by atoms with Crippen LogP contribution in [-0.2, 0) is 0 Å². The second-order valence-electron chi connectivity index (χ2n) is 5.08. The minimum absolute atomic E-state index is 0.733. The molecule has 2 unspecified atom stereocenters. The zero-order valence-corrected chi connectivity index (χ0v) is 12.1. The SMILES string of the molecule is CCCCC(C)CC(CCC)C(C)=NCC. The zero-order chi connectivity index (χ0) is 12.4. The minimum atomic E-state index is 0.733. The van der Waals surface area contributed by atoms with E-state index in [2.05, 4.69) is 39.6 Å². The lowest BCUT2D eigenvalue weighted by atomic mass is 9.86. The molecule has 1 nitrogen and oxygen atoms in total. The smallest absolute Gasteiger partial charge is 0.0360 e. The van der Waals surface area contributed by atoms with Gasteiger partial charge in [0.25, 0.3) is 0 Å². The molecule has 0 aliphatic carbocycles. The van der Waals surface area contributed by atoms with Crippen LogP contribution in [0.25, 0.3) is 0 Å². The Kier molecular flexibility index (Phi) is 9.66. The fourth-order valence-electron chi connectivity index (χ4n) is 2.38. The van der Waals surface area contributed by atoms with Crippen molar-refractivity contribution in [3.8, 4) is 0 Å². The molecule has 1 heteroatoms. The van der Waals surface area contributed by atoms with Crippen LogP contribution in [0, 0.1) is 11.8 Å². The van der Waals surface area contributed by atoms with Gasteiger partial charge in [0, 0.05) is 12.3 Å². The highest BCUT2D eigenvalue weighted by atomic mass is 14.7. The maximum absolute atomic E-state index is 4.59. The summed E-state index contributed by atoms with van der Waals surface area (Å²) in [6.45, 7) is 12.2. The van der Waals surface area contributed by atoms with E-state index in [0.29, 0.717) is 0 Å². The normalized spacial score (nSPS) is 16.2. The van der Waals surface area contributed by atoms with Crippen LogP contribution in [-0.4, -0.2) is 12.3 Å². The van der Waals surface area contributed by atoms with Crippen molar-refractivity contribution in [1.29, 1.82) is 0 Å². The van der Waals surface area contributed by atoms with Gasteiger partial charge in [-0.25, -0.2) is 0 Å². The summed E-state index contributed by atoms with van der Waals surface area (Å²) in [4.78, 5) is 4.59. The lowest BCUT2D eigenvalue weighted by Crippen LogP contribution is -2.15. The van der Waals surface area contributed by atoms with Gasteiger partial charge in [0.1, 0.15) is 0 Å². The average Bonchev–Trinajstić information content (AvgIpc) is 2.26. The van der Waals surface area contributed by atoms with E-state index >= 15 is 0 Å². The van der Waals surface area contributed by atoms with Gasteiger partial charge in [0.2, 0.25) is 0 Å². The number of hydrogen-bond acceptors (Lipinski definition) is 1. The van der Waals surface area contributed by atoms with Crippen molar-refractivity contribution in [3.63, 3.8) is 0 Å². The van der Waals surface area contributed by atoms with E-state index in [1.54, 1.807) is 0 Å². The van der Waals surface area contributed by atoms with Crippen molar-refractivity contribution in [2.45, 2.75) is 73.1 Å². The van der Waals surface area contributed by atoms with Crippen LogP contribution in [0.15, 0.2) is 4.99 Å². The van der Waals surface area contributed by atoms with Crippen molar-refractivity contribution in [2.75, 3.05) is 6.54 Å². The summed E-state index contributed by atoms with van der Waals surface area (Å²) in [6, 6.07) is 0. The predicted molar refractivity (Wildman–Crippen MR) is 75.4 cm³/mol. The Balaban J connectivity index is 4.15. The van der Waals surface area contributed by atoms with Gasteiger partial charge in [-0.05, 0) is 38.5 Å². The molecule has 2 atom stereocenters. The Morgan fingerprint density at radius 3 is 2.25 bits per heavy atom. The van der Waals surface area contributed by atoms with Gasteiger partial charge >= 0.3 is 0 Å². The molecule has 0 bridgehead atoms. The highest BCUT2D eigenvalue weighted by Crippen LogP contribution is 2.22. The summed E-state index contributed by atoms with van der Waals surface area (Å²) in [5.41, 5.74) is 1.38. The van der Waals surface area contributed by atoms with E-state index in [1.807, 2.05) is 0 Å². The molecule has 0 amide bonds. The van der Waals surface area contributed by atoms with Gasteiger partial charge in [-0.2, -0.15) is 0 Å². The Morgan fingerprint density at radius 2 is 1.75 bits per heavy atom. The Morgan fingerprint density at radius 1 is 1.06 bits per heavy atom. The monoisotopic (exact) mass is 225 g/mol. The molecule has 0 saturated heterocycles. The van der Waals surface area contributed by atoms with E-state index in [9.17, 15) is 0 Å². The first-order valence-corrected chi connectivity index (χ1v) is 7.16. The maximum atomic E-state index is 4.59. The van der Waals surface area contributed by atoms with Crippen LogP contribution in [0.3, 0.4) is 0 Å². The van der Waals surface area contributed by atoms with Crippen LogP contribution in [0.5, 0.6) is 0 Å². The van der Waals surface area contributed by atoms with Gasteiger partial charge < -0.3 is 0 Å². The highest BCUT2D eigenvalue weighted by Gasteiger charge is 2.14. The molecule has 0 aliphatic rings. The molecule has 0 aliphatic heterocycles. The fourth-order valence-corrected chi connectivity index (χ4v) is 2.38. The summed E-state index contributed by atoms with van der Waals surface area (Å²) >= 11 is 0. The van der Waals surface area contributed by atoms with E-state index in [0.717, 1.165) is 18.4 Å². The summed E-state index contributed by atoms with van der Waals surface area (Å²) in [7, 11) is 0. The lowest BCUT2D eigenvalue weighted by molar-refractivity contribution is 0.406. The van der Waals surface area contributed by atoms with E-state index < -0.39 is 0 Å². The predicted octanol–water partition coefficient (Wildman–Crippen LogP) is 5.10. The molecule has 0 fully saturated rings. The molecule has 0 heterocycles. The molecule has 0 spiro atoms. The first kappa shape index (κ1) is 15.7. The molecular formula is C15H31N. The van der Waals surface area contributed by atoms with Gasteiger partial charge in [0.05, 0.1) is 0 Å². The van der Waals surface area contributed by atoms with Gasteiger partial charge in [-0.1, -0.05) is 46.5 Å². The number of hydrogen-bond donors (Lipinski definition) is 0. The van der Waals surface area contributed by atoms with E-state index in [4.69, 9.17) is 0 Å². The summed E-state index contributed by atoms with van der Waals surface area (Å²) in [5, 5.41) is 0. The van der Waals surface area contributed by atoms with Crippen LogP contribution < -0.4 is 0 Å². The number of aliphatic imine (C=N–C) groups is 1. The first-order chi connectivity index (χ1) is 7.65. The Labute approximate surface area is 103 Å². The van der Waals surface area contributed by atoms with Crippen molar-refractivity contribution in [1.82, 2.24) is 0 Å². The van der Waals surface area contributed by atoms with Crippen LogP contribution in [0.4, 0.5) is 0 Å². The number of unbranched alkanes of at least 4 members (excludes halogenated alkanes) is 1. The van der Waals surface area contributed by atoms with Crippen molar-refractivity contribution < 1.29 is 0 Å². The highest BCUT2D eigenvalue weighted by molar-refractivity contribution is 5.84. The van der Waals surface area contributed by atoms with Crippen LogP contribution in [0.2, 0.25) is 0 Å². The topological polar surface area (TPSA) is 12.4 Å². The number of rotatable bonds is 9. The second-order valence-corrected chi connectivity index (χ2v) is 5.08. The molecule has 0 aromatic heterocycles. The maximum Gasteiger partial charge on any atom is 0.0360 e. The Hall–Kier alpha value is -0.330. The third kappa shape index (κ3) is 7.03. The van der Waals surface area contributed by atoms with Crippen molar-refractivity contribution in [2.24, 2.45) is 16.8 Å². The molecule has 0 radical (unpaired) electrons. The molecule has 0 aromatic carbocycles. The molecule has 0 rings (SSSR count). The molecule has 0 aromatic rings. The molecular weight excluding hydrogens is 194 g/mol. The lowest BCUT2D eigenvalue weighted by Gasteiger charge is -2.20. The first-order valence-electron chi connectivity index (χ1n) is 7.16. The van der Waals surface area contributed by atoms with E-state index in [-0.39, 0.29) is 0 Å². The standard InChI is InChI=1S/C15H31N/c1-6-9-11-13(4)12-15(10-7-2)14(5)16-8-3/h13,15H,6-12H2,1-5H3. The summed E-state index contributed by atoms with van der Waals surface area (Å²) < 4.78 is 0. The third-order valence-electron chi connectivity index (χ3n) is 3.37. The van der Waals surface area contributed by atoms with Gasteiger partial charge in [-0.3, -0.25) is 4.99 Å². The average molecular weight is 225 g/mol. The quantitative estimate of drug-likeness (QED) is 0.484. The Bertz CT molecular complexity index is 184. The van der Waals surface area contributed by atoms with Crippen LogP contribution >= 0.6 is 0 Å². The van der Waals surface area contributed by atoms with Crippen LogP contribution in [0.1, 0.15) is 73.1 Å². The number of nitrogens with zero attached hydrogens (tertiary/aromatic N) is 1. The molecule has 0 saturated carbocycles. The van der Waals surface area contributed by atoms with Crippen molar-refractivity contribution >= 4 is 5.71 Å². The van der Waals surface area contributed by atoms with Gasteiger partial charge in [-0.15, -0.1) is 0 Å². The fraction of sp³-hybridized carbons (Fsp3) is 0.933. The summed E-state index contributed by atoms with van der Waals surface area (Å²) in [6.07, 6.45) is 8.02.